The SMILES string of the molecule is C=CC(/C=C/c1ccc(N2CC(O)C(O)C2)cc1)=C\C=NCC(=O)NCCSSCCNC(=O)C[n+]1ccc(/C=C/c2ccc(N3CC(O)C(O)C3)cc2)cc1. The van der Waals surface area contributed by atoms with Crippen LogP contribution in [0.25, 0.3) is 18.2 Å². The van der Waals surface area contributed by atoms with Gasteiger partial charge in [-0.25, -0.2) is 0 Å². The zero-order valence-corrected chi connectivity index (χ0v) is 32.9. The summed E-state index contributed by atoms with van der Waals surface area (Å²) in [5.41, 5.74) is 5.80. The number of aliphatic hydroxyl groups is 4. The first-order chi connectivity index (χ1) is 27.2. The predicted molar refractivity (Wildman–Crippen MR) is 229 cm³/mol. The monoisotopic (exact) mass is 799 g/mol. The van der Waals surface area contributed by atoms with Crippen molar-refractivity contribution in [1.29, 1.82) is 0 Å². The summed E-state index contributed by atoms with van der Waals surface area (Å²) in [7, 11) is 3.28. The molecular weight excluding hydrogens is 749 g/mol. The highest BCUT2D eigenvalue weighted by Crippen LogP contribution is 2.23. The highest BCUT2D eigenvalue weighted by atomic mass is 33.1. The third kappa shape index (κ3) is 13.8. The standard InChI is InChI=1S/C42H50N6O6S2/c1-2-31(3-4-32-7-11-35(12-8-32)47-26-37(49)38(50)27-47)15-18-43-25-41(53)44-19-23-55-56-24-20-45-42(54)30-46-21-16-34(17-22-46)6-5-33-9-13-36(14-10-33)48-28-39(51)40(52)29-48/h2-18,21-22,37-40,49-52H,1,19-20,23-30H2,(H-,44,45,53,54)/p+1/b4-3+,31-15+,43-18?. The van der Waals surface area contributed by atoms with Crippen LogP contribution < -0.4 is 25.0 Å². The molecule has 2 aliphatic heterocycles. The number of allylic oxidation sites excluding steroid dienone is 4. The van der Waals surface area contributed by atoms with E-state index in [1.54, 1.807) is 40.0 Å². The molecule has 3 heterocycles. The van der Waals surface area contributed by atoms with Gasteiger partial charge in [0.15, 0.2) is 12.4 Å². The maximum atomic E-state index is 12.4. The van der Waals surface area contributed by atoms with Crippen molar-refractivity contribution >= 4 is 69.2 Å². The molecule has 2 saturated heterocycles. The summed E-state index contributed by atoms with van der Waals surface area (Å²) in [5, 5.41) is 45.0. The number of amides is 2. The first kappa shape index (κ1) is 42.4. The Morgan fingerprint density at radius 2 is 1.18 bits per heavy atom. The third-order valence-electron chi connectivity index (χ3n) is 9.16. The van der Waals surface area contributed by atoms with Gasteiger partial charge in [0, 0.05) is 80.5 Å². The molecule has 0 radical (unpaired) electrons. The zero-order chi connectivity index (χ0) is 39.7. The number of pyridine rings is 1. The Balaban J connectivity index is 0.884. The van der Waals surface area contributed by atoms with Gasteiger partial charge in [0.25, 0.3) is 5.91 Å². The van der Waals surface area contributed by atoms with E-state index in [0.717, 1.165) is 45.1 Å². The molecule has 0 aliphatic carbocycles. The van der Waals surface area contributed by atoms with Gasteiger partial charge in [-0.2, -0.15) is 4.57 Å². The Morgan fingerprint density at radius 3 is 1.68 bits per heavy atom. The van der Waals surface area contributed by atoms with Crippen LogP contribution in [0.3, 0.4) is 0 Å². The van der Waals surface area contributed by atoms with E-state index in [1.807, 2.05) is 112 Å². The average molecular weight is 800 g/mol. The molecule has 56 heavy (non-hydrogen) atoms. The van der Waals surface area contributed by atoms with Crippen LogP contribution >= 0.6 is 21.6 Å². The van der Waals surface area contributed by atoms with Gasteiger partial charge >= 0.3 is 0 Å². The van der Waals surface area contributed by atoms with Crippen LogP contribution in [0.15, 0.2) is 108 Å². The van der Waals surface area contributed by atoms with Crippen molar-refractivity contribution in [3.05, 3.63) is 120 Å². The van der Waals surface area contributed by atoms with Crippen LogP contribution in [0.1, 0.15) is 16.7 Å². The van der Waals surface area contributed by atoms with E-state index >= 15 is 0 Å². The van der Waals surface area contributed by atoms with Gasteiger partial charge in [0.1, 0.15) is 6.54 Å². The fraction of sp³-hybridized carbons (Fsp3) is 0.333. The second-order valence-electron chi connectivity index (χ2n) is 13.4. The molecule has 4 unspecified atom stereocenters. The van der Waals surface area contributed by atoms with Crippen LogP contribution in [0, 0.1) is 0 Å². The van der Waals surface area contributed by atoms with Crippen LogP contribution in [0.4, 0.5) is 11.4 Å². The minimum absolute atomic E-state index is 0.0296. The van der Waals surface area contributed by atoms with Crippen molar-refractivity contribution in [2.24, 2.45) is 4.99 Å². The number of rotatable bonds is 19. The number of nitrogens with one attached hydrogen (secondary N) is 2. The molecule has 2 aromatic carbocycles. The minimum atomic E-state index is -0.725. The number of aromatic nitrogens is 1. The summed E-state index contributed by atoms with van der Waals surface area (Å²) in [4.78, 5) is 32.7. The van der Waals surface area contributed by atoms with Gasteiger partial charge in [-0.1, -0.05) is 82.8 Å². The van der Waals surface area contributed by atoms with Crippen LogP contribution in [0.5, 0.6) is 0 Å². The Morgan fingerprint density at radius 1 is 0.714 bits per heavy atom. The highest BCUT2D eigenvalue weighted by molar-refractivity contribution is 8.76. The van der Waals surface area contributed by atoms with Crippen molar-refractivity contribution in [2.45, 2.75) is 31.0 Å². The van der Waals surface area contributed by atoms with E-state index in [1.165, 1.54) is 0 Å². The molecule has 0 spiro atoms. The number of carbonyl (C=O) groups is 2. The van der Waals surface area contributed by atoms with Gasteiger partial charge in [-0.15, -0.1) is 0 Å². The van der Waals surface area contributed by atoms with Crippen LogP contribution in [0.2, 0.25) is 0 Å². The van der Waals surface area contributed by atoms with Crippen molar-refractivity contribution in [3.8, 4) is 0 Å². The molecule has 14 heteroatoms. The van der Waals surface area contributed by atoms with E-state index in [-0.39, 0.29) is 24.9 Å². The number of nitrogens with zero attached hydrogens (tertiary/aromatic N) is 4. The number of anilines is 2. The van der Waals surface area contributed by atoms with E-state index in [2.05, 4.69) is 22.2 Å². The van der Waals surface area contributed by atoms with Gasteiger partial charge in [-0.3, -0.25) is 14.6 Å². The lowest BCUT2D eigenvalue weighted by Crippen LogP contribution is -2.42. The lowest BCUT2D eigenvalue weighted by Gasteiger charge is -2.17. The normalized spacial score (nSPS) is 20.1. The summed E-state index contributed by atoms with van der Waals surface area (Å²) < 4.78 is 1.83. The molecule has 5 rings (SSSR count). The number of aliphatic imine (C=N–C) groups is 1. The largest absolute Gasteiger partial charge is 0.389 e. The van der Waals surface area contributed by atoms with E-state index < -0.39 is 24.4 Å². The maximum absolute atomic E-state index is 12.4. The maximum Gasteiger partial charge on any atom is 0.286 e. The van der Waals surface area contributed by atoms with Gasteiger partial charge in [-0.05, 0) is 52.6 Å². The molecule has 2 fully saturated rings. The Kier molecular flexibility index (Phi) is 16.8. The first-order valence-electron chi connectivity index (χ1n) is 18.5. The van der Waals surface area contributed by atoms with Crippen molar-refractivity contribution in [2.75, 3.05) is 67.1 Å². The van der Waals surface area contributed by atoms with Crippen LogP contribution in [-0.2, 0) is 16.1 Å². The molecule has 12 nitrogen and oxygen atoms in total. The Labute approximate surface area is 336 Å². The molecule has 2 amide bonds. The molecule has 0 bridgehead atoms. The Bertz CT molecular complexity index is 1830. The second-order valence-corrected chi connectivity index (χ2v) is 16.1. The predicted octanol–water partition coefficient (Wildman–Crippen LogP) is 2.74. The fourth-order valence-electron chi connectivity index (χ4n) is 5.95. The molecule has 2 aliphatic rings. The number of β-amino-alcohol motifs (C(OH)–C–C–N with tert-alkyl or cyclic N) is 4. The number of hydrogen-bond acceptors (Lipinski definition) is 11. The molecule has 0 saturated carbocycles. The number of aliphatic hydroxyl groups excluding tert-OH is 4. The van der Waals surface area contributed by atoms with Crippen molar-refractivity contribution < 1.29 is 34.6 Å². The molecule has 1 aromatic heterocycles. The number of benzene rings is 2. The number of carbonyl (C=O) groups excluding carboxylic acids is 2. The summed E-state index contributed by atoms with van der Waals surface area (Å²) in [6, 6.07) is 19.8. The van der Waals surface area contributed by atoms with E-state index in [9.17, 15) is 30.0 Å². The van der Waals surface area contributed by atoms with Gasteiger partial charge < -0.3 is 40.9 Å². The quantitative estimate of drug-likeness (QED) is 0.0350. The summed E-state index contributed by atoms with van der Waals surface area (Å²) >= 11 is 0. The summed E-state index contributed by atoms with van der Waals surface area (Å²) in [6.07, 6.45) is 13.9. The van der Waals surface area contributed by atoms with E-state index in [0.29, 0.717) is 39.3 Å². The topological polar surface area (TPSA) is 162 Å². The first-order valence-corrected chi connectivity index (χ1v) is 21.0. The Hall–Kier alpha value is -4.70. The molecule has 3 aromatic rings. The summed E-state index contributed by atoms with van der Waals surface area (Å²) in [6.45, 7) is 6.86. The second kappa shape index (κ2) is 22.1. The highest BCUT2D eigenvalue weighted by Gasteiger charge is 2.30. The van der Waals surface area contributed by atoms with Crippen molar-refractivity contribution in [1.82, 2.24) is 10.6 Å². The molecular formula is C42H51N6O6S2+. The third-order valence-corrected chi connectivity index (χ3v) is 11.6. The van der Waals surface area contributed by atoms with Crippen LogP contribution in [-0.4, -0.2) is 120 Å². The lowest BCUT2D eigenvalue weighted by atomic mass is 10.1. The zero-order valence-electron chi connectivity index (χ0n) is 31.3. The lowest BCUT2D eigenvalue weighted by molar-refractivity contribution is -0.684. The molecule has 6 N–H and O–H groups in total. The number of hydrogen-bond donors (Lipinski definition) is 6. The smallest absolute Gasteiger partial charge is 0.286 e. The average Bonchev–Trinajstić information content (AvgIpc) is 3.73. The molecule has 296 valence electrons. The van der Waals surface area contributed by atoms with Gasteiger partial charge in [0.05, 0.1) is 24.4 Å². The minimum Gasteiger partial charge on any atom is -0.389 e. The summed E-state index contributed by atoms with van der Waals surface area (Å²) in [5.74, 6) is 1.27. The van der Waals surface area contributed by atoms with E-state index in [4.69, 9.17) is 0 Å². The molecule has 4 atom stereocenters. The van der Waals surface area contributed by atoms with Gasteiger partial charge in [0.2, 0.25) is 12.5 Å². The fourth-order valence-corrected chi connectivity index (χ4v) is 7.76. The van der Waals surface area contributed by atoms with Crippen molar-refractivity contribution in [3.63, 3.8) is 0 Å².